The van der Waals surface area contributed by atoms with E-state index in [1.807, 2.05) is 0 Å². The van der Waals surface area contributed by atoms with Crippen molar-refractivity contribution < 1.29 is 17.6 Å². The van der Waals surface area contributed by atoms with E-state index in [1.54, 1.807) is 49.4 Å². The number of sulfonamides is 1. The number of nitrogens with one attached hydrogen (secondary N) is 1. The number of hydrogen-bond donors (Lipinski definition) is 1. The minimum atomic E-state index is -3.65. The zero-order valence-electron chi connectivity index (χ0n) is 12.0. The molecule has 0 saturated heterocycles. The zero-order chi connectivity index (χ0) is 16.2. The highest BCUT2D eigenvalue weighted by Gasteiger charge is 2.17. The van der Waals surface area contributed by atoms with E-state index in [1.165, 1.54) is 6.07 Å². The van der Waals surface area contributed by atoms with E-state index >= 15 is 0 Å². The standard InChI is InChI=1S/C16H16FNO3S/c1-12-6-5-9-14(16(12)17)15(19)10-18-22(20,21)11-13-7-3-2-4-8-13/h2-9,18H,10-11H2,1H3. The fourth-order valence-electron chi connectivity index (χ4n) is 1.98. The van der Waals surface area contributed by atoms with Gasteiger partial charge in [0.2, 0.25) is 10.0 Å². The highest BCUT2D eigenvalue weighted by atomic mass is 32.2. The molecular weight excluding hydrogens is 305 g/mol. The number of benzene rings is 2. The maximum absolute atomic E-state index is 13.8. The molecule has 0 bridgehead atoms. The average Bonchev–Trinajstić information content (AvgIpc) is 2.48. The minimum Gasteiger partial charge on any atom is -0.293 e. The Bertz CT molecular complexity index is 773. The third-order valence-electron chi connectivity index (χ3n) is 3.14. The summed E-state index contributed by atoms with van der Waals surface area (Å²) in [5, 5.41) is 0. The molecule has 0 amide bonds. The van der Waals surface area contributed by atoms with Crippen LogP contribution < -0.4 is 4.72 Å². The lowest BCUT2D eigenvalue weighted by molar-refractivity contribution is 0.0993. The Morgan fingerprint density at radius 2 is 1.77 bits per heavy atom. The van der Waals surface area contributed by atoms with Crippen LogP contribution in [0, 0.1) is 12.7 Å². The Labute approximate surface area is 129 Å². The van der Waals surface area contributed by atoms with Crippen LogP contribution in [-0.4, -0.2) is 20.7 Å². The second-order valence-electron chi connectivity index (χ2n) is 4.93. The van der Waals surface area contributed by atoms with Crippen molar-refractivity contribution in [2.45, 2.75) is 12.7 Å². The minimum absolute atomic E-state index is 0.109. The maximum Gasteiger partial charge on any atom is 0.216 e. The average molecular weight is 321 g/mol. The summed E-state index contributed by atoms with van der Waals surface area (Å²) in [7, 11) is -3.65. The van der Waals surface area contributed by atoms with Crippen LogP contribution in [0.1, 0.15) is 21.5 Å². The smallest absolute Gasteiger partial charge is 0.216 e. The van der Waals surface area contributed by atoms with E-state index in [2.05, 4.69) is 4.72 Å². The number of ketones is 1. The van der Waals surface area contributed by atoms with Gasteiger partial charge in [0.05, 0.1) is 17.9 Å². The maximum atomic E-state index is 13.8. The first kappa shape index (κ1) is 16.3. The Hall–Kier alpha value is -2.05. The van der Waals surface area contributed by atoms with Gasteiger partial charge in [-0.05, 0) is 24.1 Å². The molecule has 0 radical (unpaired) electrons. The summed E-state index contributed by atoms with van der Waals surface area (Å²) in [6.07, 6.45) is 0. The van der Waals surface area contributed by atoms with E-state index in [-0.39, 0.29) is 11.3 Å². The lowest BCUT2D eigenvalue weighted by Crippen LogP contribution is -2.31. The molecule has 0 aliphatic rings. The second-order valence-corrected chi connectivity index (χ2v) is 6.73. The quantitative estimate of drug-likeness (QED) is 0.831. The summed E-state index contributed by atoms with van der Waals surface area (Å²) in [6.45, 7) is 1.08. The highest BCUT2D eigenvalue weighted by molar-refractivity contribution is 7.88. The molecule has 0 fully saturated rings. The topological polar surface area (TPSA) is 63.2 Å². The molecule has 0 aliphatic carbocycles. The van der Waals surface area contributed by atoms with E-state index in [4.69, 9.17) is 0 Å². The highest BCUT2D eigenvalue weighted by Crippen LogP contribution is 2.12. The first-order valence-corrected chi connectivity index (χ1v) is 8.34. The van der Waals surface area contributed by atoms with Crippen molar-refractivity contribution in [3.63, 3.8) is 0 Å². The predicted octanol–water partition coefficient (Wildman–Crippen LogP) is 2.44. The monoisotopic (exact) mass is 321 g/mol. The molecule has 1 N–H and O–H groups in total. The molecule has 0 saturated carbocycles. The summed E-state index contributed by atoms with van der Waals surface area (Å²) in [6, 6.07) is 13.1. The number of carbonyl (C=O) groups is 1. The molecule has 0 unspecified atom stereocenters. The molecule has 0 atom stereocenters. The summed E-state index contributed by atoms with van der Waals surface area (Å²) in [4.78, 5) is 11.9. The molecule has 116 valence electrons. The van der Waals surface area contributed by atoms with Crippen LogP contribution >= 0.6 is 0 Å². The van der Waals surface area contributed by atoms with Gasteiger partial charge in [-0.2, -0.15) is 0 Å². The van der Waals surface area contributed by atoms with Crippen molar-refractivity contribution in [1.82, 2.24) is 4.72 Å². The Kier molecular flexibility index (Phi) is 5.05. The molecular formula is C16H16FNO3S. The van der Waals surface area contributed by atoms with E-state index in [0.717, 1.165) is 0 Å². The van der Waals surface area contributed by atoms with E-state index < -0.39 is 28.2 Å². The lowest BCUT2D eigenvalue weighted by Gasteiger charge is -2.08. The molecule has 6 heteroatoms. The second kappa shape index (κ2) is 6.81. The van der Waals surface area contributed by atoms with Gasteiger partial charge in [-0.3, -0.25) is 4.79 Å². The molecule has 0 aromatic heterocycles. The summed E-state index contributed by atoms with van der Waals surface area (Å²) in [5.41, 5.74) is 0.851. The number of carbonyl (C=O) groups excluding carboxylic acids is 1. The molecule has 2 aromatic rings. The Morgan fingerprint density at radius 3 is 2.45 bits per heavy atom. The van der Waals surface area contributed by atoms with Gasteiger partial charge in [0, 0.05) is 0 Å². The first-order chi connectivity index (χ1) is 10.4. The van der Waals surface area contributed by atoms with Crippen molar-refractivity contribution in [2.24, 2.45) is 0 Å². The Morgan fingerprint density at radius 1 is 1.09 bits per heavy atom. The van der Waals surface area contributed by atoms with Crippen molar-refractivity contribution in [2.75, 3.05) is 6.54 Å². The van der Waals surface area contributed by atoms with Crippen molar-refractivity contribution >= 4 is 15.8 Å². The summed E-state index contributed by atoms with van der Waals surface area (Å²) >= 11 is 0. The normalized spacial score (nSPS) is 11.4. The number of Topliss-reactive ketones (excluding diaryl/α,β-unsaturated/α-hetero) is 1. The van der Waals surface area contributed by atoms with Crippen LogP contribution in [0.25, 0.3) is 0 Å². The molecule has 0 spiro atoms. The van der Waals surface area contributed by atoms with Crippen LogP contribution in [0.2, 0.25) is 0 Å². The van der Waals surface area contributed by atoms with Gasteiger partial charge in [-0.25, -0.2) is 17.5 Å². The SMILES string of the molecule is Cc1cccc(C(=O)CNS(=O)(=O)Cc2ccccc2)c1F. The van der Waals surface area contributed by atoms with Gasteiger partial charge >= 0.3 is 0 Å². The van der Waals surface area contributed by atoms with Crippen molar-refractivity contribution in [3.05, 3.63) is 71.0 Å². The van der Waals surface area contributed by atoms with Gasteiger partial charge in [0.1, 0.15) is 5.82 Å². The fourth-order valence-corrected chi connectivity index (χ4v) is 3.06. The predicted molar refractivity (Wildman–Crippen MR) is 82.5 cm³/mol. The lowest BCUT2D eigenvalue weighted by atomic mass is 10.1. The molecule has 4 nitrogen and oxygen atoms in total. The zero-order valence-corrected chi connectivity index (χ0v) is 12.9. The van der Waals surface area contributed by atoms with Gasteiger partial charge in [-0.1, -0.05) is 42.5 Å². The molecule has 22 heavy (non-hydrogen) atoms. The number of rotatable bonds is 6. The number of halogens is 1. The van der Waals surface area contributed by atoms with Crippen molar-refractivity contribution in [1.29, 1.82) is 0 Å². The third-order valence-corrected chi connectivity index (χ3v) is 4.44. The molecule has 2 aromatic carbocycles. The third kappa shape index (κ3) is 4.22. The Balaban J connectivity index is 2.03. The molecule has 0 aliphatic heterocycles. The van der Waals surface area contributed by atoms with Gasteiger partial charge < -0.3 is 0 Å². The van der Waals surface area contributed by atoms with Crippen LogP contribution in [0.3, 0.4) is 0 Å². The van der Waals surface area contributed by atoms with E-state index in [9.17, 15) is 17.6 Å². The van der Waals surface area contributed by atoms with Crippen molar-refractivity contribution in [3.8, 4) is 0 Å². The van der Waals surface area contributed by atoms with Gasteiger partial charge in [-0.15, -0.1) is 0 Å². The van der Waals surface area contributed by atoms with E-state index in [0.29, 0.717) is 11.1 Å². The molecule has 0 heterocycles. The van der Waals surface area contributed by atoms with Crippen LogP contribution in [0.15, 0.2) is 48.5 Å². The largest absolute Gasteiger partial charge is 0.293 e. The van der Waals surface area contributed by atoms with Crippen LogP contribution in [-0.2, 0) is 15.8 Å². The van der Waals surface area contributed by atoms with Gasteiger partial charge in [0.25, 0.3) is 0 Å². The van der Waals surface area contributed by atoms with Crippen LogP contribution in [0.5, 0.6) is 0 Å². The summed E-state index contributed by atoms with van der Waals surface area (Å²) < 4.78 is 39.9. The van der Waals surface area contributed by atoms with Crippen LogP contribution in [0.4, 0.5) is 4.39 Å². The fraction of sp³-hybridized carbons (Fsp3) is 0.188. The number of hydrogen-bond acceptors (Lipinski definition) is 3. The van der Waals surface area contributed by atoms with Gasteiger partial charge in [0.15, 0.2) is 5.78 Å². The molecule has 2 rings (SSSR count). The number of aryl methyl sites for hydroxylation is 1. The summed E-state index contributed by atoms with van der Waals surface area (Å²) in [5.74, 6) is -1.44. The first-order valence-electron chi connectivity index (χ1n) is 6.68.